The highest BCUT2D eigenvalue weighted by Crippen LogP contribution is 2.25. The van der Waals surface area contributed by atoms with Crippen LogP contribution in [0.4, 0.5) is 11.5 Å². The van der Waals surface area contributed by atoms with Crippen molar-refractivity contribution in [1.82, 2.24) is 9.88 Å². The van der Waals surface area contributed by atoms with Crippen molar-refractivity contribution >= 4 is 11.5 Å². The summed E-state index contributed by atoms with van der Waals surface area (Å²) in [7, 11) is 4.07. The van der Waals surface area contributed by atoms with Gasteiger partial charge in [0.2, 0.25) is 0 Å². The molecule has 21 heavy (non-hydrogen) atoms. The zero-order valence-electron chi connectivity index (χ0n) is 12.9. The Hall–Kier alpha value is -1.73. The number of morpholine rings is 1. The van der Waals surface area contributed by atoms with Gasteiger partial charge < -0.3 is 24.7 Å². The molecule has 1 fully saturated rings. The Bertz CT molecular complexity index is 501. The molecule has 0 radical (unpaired) electrons. The molecule has 7 heteroatoms. The maximum Gasteiger partial charge on any atom is 0.363 e. The summed E-state index contributed by atoms with van der Waals surface area (Å²) < 4.78 is 5.91. The number of nitrogens with zero attached hydrogens (tertiary/aromatic N) is 4. The standard InChI is InChI=1S/C14H22N4O3/c1-14(2,16(3)4)12-10-17(7-8-21-12)11-5-6-13(15-9-11)18(19)20/h5-6,9,12H,7-8,10H2,1-4H3. The van der Waals surface area contributed by atoms with Crippen molar-refractivity contribution in [3.63, 3.8) is 0 Å². The van der Waals surface area contributed by atoms with Crippen LogP contribution in [0.3, 0.4) is 0 Å². The van der Waals surface area contributed by atoms with Crippen molar-refractivity contribution in [2.75, 3.05) is 38.7 Å². The van der Waals surface area contributed by atoms with Crippen LogP contribution in [-0.2, 0) is 4.74 Å². The quantitative estimate of drug-likeness (QED) is 0.619. The molecular formula is C14H22N4O3. The minimum Gasteiger partial charge on any atom is -0.373 e. The van der Waals surface area contributed by atoms with Crippen molar-refractivity contribution in [3.05, 3.63) is 28.4 Å². The van der Waals surface area contributed by atoms with Gasteiger partial charge in [0, 0.05) is 24.7 Å². The molecule has 0 aliphatic carbocycles. The van der Waals surface area contributed by atoms with Gasteiger partial charge in [0.15, 0.2) is 6.20 Å². The summed E-state index contributed by atoms with van der Waals surface area (Å²) in [5.41, 5.74) is 0.802. The lowest BCUT2D eigenvalue weighted by Crippen LogP contribution is -2.57. The van der Waals surface area contributed by atoms with Gasteiger partial charge in [0.1, 0.15) is 0 Å². The highest BCUT2D eigenvalue weighted by atomic mass is 16.6. The van der Waals surface area contributed by atoms with Crippen LogP contribution in [-0.4, -0.2) is 60.2 Å². The number of hydrogen-bond donors (Lipinski definition) is 0. The molecule has 1 aromatic heterocycles. The maximum absolute atomic E-state index is 10.7. The lowest BCUT2D eigenvalue weighted by molar-refractivity contribution is -0.389. The molecule has 0 saturated carbocycles. The van der Waals surface area contributed by atoms with Gasteiger partial charge in [0.05, 0.1) is 18.4 Å². The second-order valence-electron chi connectivity index (χ2n) is 5.99. The predicted octanol–water partition coefficient (Wildman–Crippen LogP) is 1.54. The molecule has 1 atom stereocenters. The van der Waals surface area contributed by atoms with Crippen molar-refractivity contribution in [2.24, 2.45) is 0 Å². The monoisotopic (exact) mass is 294 g/mol. The van der Waals surface area contributed by atoms with Gasteiger partial charge in [0.25, 0.3) is 0 Å². The molecule has 1 aliphatic rings. The molecular weight excluding hydrogens is 272 g/mol. The number of likely N-dealkylation sites (N-methyl/N-ethyl adjacent to an activating group) is 1. The number of rotatable bonds is 4. The van der Waals surface area contributed by atoms with Gasteiger partial charge >= 0.3 is 5.82 Å². The molecule has 116 valence electrons. The normalized spacial score (nSPS) is 19.9. The summed E-state index contributed by atoms with van der Waals surface area (Å²) in [5, 5.41) is 10.7. The molecule has 0 amide bonds. The Morgan fingerprint density at radius 1 is 1.48 bits per heavy atom. The van der Waals surface area contributed by atoms with Gasteiger partial charge in [-0.3, -0.25) is 0 Å². The Kier molecular flexibility index (Phi) is 4.43. The van der Waals surface area contributed by atoms with E-state index in [0.717, 1.165) is 18.8 Å². The summed E-state index contributed by atoms with van der Waals surface area (Å²) in [6.07, 6.45) is 1.62. The van der Waals surface area contributed by atoms with E-state index in [9.17, 15) is 10.1 Å². The summed E-state index contributed by atoms with van der Waals surface area (Å²) in [5.74, 6) is -0.128. The van der Waals surface area contributed by atoms with Crippen molar-refractivity contribution < 1.29 is 9.66 Å². The first kappa shape index (κ1) is 15.7. The second-order valence-corrected chi connectivity index (χ2v) is 5.99. The van der Waals surface area contributed by atoms with Crippen LogP contribution in [0.1, 0.15) is 13.8 Å². The average Bonchev–Trinajstić information content (AvgIpc) is 2.47. The molecule has 1 saturated heterocycles. The third-order valence-corrected chi connectivity index (χ3v) is 4.29. The zero-order chi connectivity index (χ0) is 15.6. The zero-order valence-corrected chi connectivity index (χ0v) is 12.9. The van der Waals surface area contributed by atoms with E-state index in [0.29, 0.717) is 6.61 Å². The Morgan fingerprint density at radius 2 is 2.19 bits per heavy atom. The smallest absolute Gasteiger partial charge is 0.363 e. The number of aromatic nitrogens is 1. The third-order valence-electron chi connectivity index (χ3n) is 4.29. The predicted molar refractivity (Wildman–Crippen MR) is 80.6 cm³/mol. The molecule has 0 spiro atoms. The first-order valence-electron chi connectivity index (χ1n) is 6.97. The Balaban J connectivity index is 2.12. The number of hydrogen-bond acceptors (Lipinski definition) is 6. The molecule has 1 aliphatic heterocycles. The molecule has 0 N–H and O–H groups in total. The minimum absolute atomic E-state index is 0.0661. The van der Waals surface area contributed by atoms with E-state index in [-0.39, 0.29) is 17.5 Å². The van der Waals surface area contributed by atoms with Gasteiger partial charge in [-0.1, -0.05) is 0 Å². The molecule has 7 nitrogen and oxygen atoms in total. The lowest BCUT2D eigenvalue weighted by atomic mass is 9.94. The van der Waals surface area contributed by atoms with E-state index in [1.165, 1.54) is 6.07 Å². The molecule has 2 heterocycles. The van der Waals surface area contributed by atoms with Crippen LogP contribution in [0.15, 0.2) is 18.3 Å². The molecule has 1 aromatic rings. The summed E-state index contributed by atoms with van der Waals surface area (Å²) in [4.78, 5) is 18.4. The fourth-order valence-corrected chi connectivity index (χ4v) is 2.27. The van der Waals surface area contributed by atoms with Crippen molar-refractivity contribution in [3.8, 4) is 0 Å². The SMILES string of the molecule is CN(C)C(C)(C)C1CN(c2ccc([N+](=O)[O-])nc2)CCO1. The van der Waals surface area contributed by atoms with Crippen LogP contribution in [0.25, 0.3) is 0 Å². The number of ether oxygens (including phenoxy) is 1. The van der Waals surface area contributed by atoms with E-state index < -0.39 is 4.92 Å². The van der Waals surface area contributed by atoms with Crippen molar-refractivity contribution in [2.45, 2.75) is 25.5 Å². The van der Waals surface area contributed by atoms with E-state index in [2.05, 4.69) is 28.6 Å². The minimum atomic E-state index is -0.485. The molecule has 0 aromatic carbocycles. The summed E-state index contributed by atoms with van der Waals surface area (Å²) in [6.45, 7) is 6.44. The van der Waals surface area contributed by atoms with Gasteiger partial charge in [-0.15, -0.1) is 0 Å². The molecule has 1 unspecified atom stereocenters. The van der Waals surface area contributed by atoms with E-state index >= 15 is 0 Å². The van der Waals surface area contributed by atoms with Crippen LogP contribution in [0.5, 0.6) is 0 Å². The van der Waals surface area contributed by atoms with Gasteiger partial charge in [-0.05, 0) is 43.9 Å². The fraction of sp³-hybridized carbons (Fsp3) is 0.643. The van der Waals surface area contributed by atoms with Gasteiger partial charge in [-0.25, -0.2) is 0 Å². The second kappa shape index (κ2) is 5.95. The van der Waals surface area contributed by atoms with E-state index in [1.807, 2.05) is 14.1 Å². The third kappa shape index (κ3) is 3.30. The molecule has 0 bridgehead atoms. The maximum atomic E-state index is 10.7. The molecule has 2 rings (SSSR count). The lowest BCUT2D eigenvalue weighted by Gasteiger charge is -2.45. The largest absolute Gasteiger partial charge is 0.373 e. The van der Waals surface area contributed by atoms with Crippen LogP contribution in [0.2, 0.25) is 0 Å². The average molecular weight is 294 g/mol. The Morgan fingerprint density at radius 3 is 2.71 bits per heavy atom. The topological polar surface area (TPSA) is 71.7 Å². The van der Waals surface area contributed by atoms with Gasteiger partial charge in [-0.2, -0.15) is 0 Å². The first-order valence-corrected chi connectivity index (χ1v) is 6.97. The fourth-order valence-electron chi connectivity index (χ4n) is 2.27. The summed E-state index contributed by atoms with van der Waals surface area (Å²) in [6, 6.07) is 3.19. The van der Waals surface area contributed by atoms with Crippen LogP contribution in [0, 0.1) is 10.1 Å². The van der Waals surface area contributed by atoms with Crippen molar-refractivity contribution in [1.29, 1.82) is 0 Å². The number of nitro groups is 1. The van der Waals surface area contributed by atoms with Crippen LogP contribution >= 0.6 is 0 Å². The number of anilines is 1. The van der Waals surface area contributed by atoms with E-state index in [4.69, 9.17) is 4.74 Å². The van der Waals surface area contributed by atoms with Crippen LogP contribution < -0.4 is 4.90 Å². The first-order chi connectivity index (χ1) is 9.82. The number of pyridine rings is 1. The highest BCUT2D eigenvalue weighted by molar-refractivity contribution is 5.47. The summed E-state index contributed by atoms with van der Waals surface area (Å²) >= 11 is 0. The Labute approximate surface area is 124 Å². The van der Waals surface area contributed by atoms with E-state index in [1.54, 1.807) is 12.3 Å². The highest BCUT2D eigenvalue weighted by Gasteiger charge is 2.36.